The Bertz CT molecular complexity index is 626. The van der Waals surface area contributed by atoms with Crippen molar-refractivity contribution in [2.75, 3.05) is 11.4 Å². The average Bonchev–Trinajstić information content (AvgIpc) is 2.41. The van der Waals surface area contributed by atoms with Crippen LogP contribution >= 0.6 is 12.2 Å². The van der Waals surface area contributed by atoms with E-state index in [1.54, 1.807) is 18.3 Å². The van der Waals surface area contributed by atoms with Gasteiger partial charge in [-0.3, -0.25) is 0 Å². The van der Waals surface area contributed by atoms with Gasteiger partial charge < -0.3 is 10.6 Å². The lowest BCUT2D eigenvalue weighted by atomic mass is 10.1. The molecule has 0 aliphatic rings. The number of thiocarbonyl (C=S) groups is 1. The molecule has 2 aromatic rings. The van der Waals surface area contributed by atoms with Gasteiger partial charge in [-0.1, -0.05) is 12.2 Å². The number of pyridine rings is 1. The number of aromatic nitrogens is 1. The second-order valence-electron chi connectivity index (χ2n) is 4.41. The smallest absolute Gasteiger partial charge is 0.143 e. The summed E-state index contributed by atoms with van der Waals surface area (Å²) in [4.78, 5) is 6.67. The molecule has 0 aliphatic heterocycles. The molecule has 3 nitrogen and oxygen atoms in total. The van der Waals surface area contributed by atoms with E-state index in [2.05, 4.69) is 4.98 Å². The van der Waals surface area contributed by atoms with Crippen LogP contribution in [-0.4, -0.2) is 16.5 Å². The maximum absolute atomic E-state index is 13.1. The highest BCUT2D eigenvalue weighted by molar-refractivity contribution is 7.80. The Morgan fingerprint density at radius 2 is 1.95 bits per heavy atom. The summed E-state index contributed by atoms with van der Waals surface area (Å²) < 4.78 is 13.1. The number of nitrogens with zero attached hydrogens (tertiary/aromatic N) is 2. The number of benzene rings is 1. The van der Waals surface area contributed by atoms with E-state index < -0.39 is 0 Å². The van der Waals surface area contributed by atoms with Gasteiger partial charge in [-0.2, -0.15) is 0 Å². The van der Waals surface area contributed by atoms with E-state index in [1.165, 1.54) is 12.1 Å². The average molecular weight is 289 g/mol. The maximum Gasteiger partial charge on any atom is 0.143 e. The minimum absolute atomic E-state index is 0.267. The summed E-state index contributed by atoms with van der Waals surface area (Å²) in [5, 5.41) is 0. The largest absolute Gasteiger partial charge is 0.389 e. The van der Waals surface area contributed by atoms with Gasteiger partial charge in [0.1, 0.15) is 16.6 Å². The topological polar surface area (TPSA) is 42.2 Å². The maximum atomic E-state index is 13.1. The molecule has 0 spiro atoms. The van der Waals surface area contributed by atoms with Gasteiger partial charge in [0.15, 0.2) is 0 Å². The van der Waals surface area contributed by atoms with Crippen LogP contribution in [0.5, 0.6) is 0 Å². The second-order valence-corrected chi connectivity index (χ2v) is 4.85. The van der Waals surface area contributed by atoms with Gasteiger partial charge in [-0.05, 0) is 49.7 Å². The van der Waals surface area contributed by atoms with Crippen molar-refractivity contribution in [2.24, 2.45) is 5.73 Å². The Morgan fingerprint density at radius 3 is 2.50 bits per heavy atom. The molecule has 0 radical (unpaired) electrons. The van der Waals surface area contributed by atoms with Crippen LogP contribution in [0.15, 0.2) is 36.5 Å². The number of halogens is 1. The van der Waals surface area contributed by atoms with Crippen molar-refractivity contribution in [2.45, 2.75) is 13.8 Å². The van der Waals surface area contributed by atoms with Crippen LogP contribution in [0.4, 0.5) is 15.9 Å². The molecule has 0 saturated carbocycles. The van der Waals surface area contributed by atoms with Gasteiger partial charge in [0, 0.05) is 18.4 Å². The minimum Gasteiger partial charge on any atom is -0.389 e. The molecule has 1 heterocycles. The molecule has 5 heteroatoms. The highest BCUT2D eigenvalue weighted by Crippen LogP contribution is 2.28. The molecule has 0 atom stereocenters. The Morgan fingerprint density at radius 1 is 1.30 bits per heavy atom. The highest BCUT2D eigenvalue weighted by atomic mass is 32.1. The number of anilines is 2. The van der Waals surface area contributed by atoms with Gasteiger partial charge in [-0.25, -0.2) is 9.37 Å². The van der Waals surface area contributed by atoms with Crippen LogP contribution in [0.1, 0.15) is 18.1 Å². The third-order valence-corrected chi connectivity index (χ3v) is 3.30. The fourth-order valence-corrected chi connectivity index (χ4v) is 2.38. The lowest BCUT2D eigenvalue weighted by Gasteiger charge is -2.25. The molecule has 0 unspecified atom stereocenters. The predicted molar refractivity (Wildman–Crippen MR) is 83.9 cm³/mol. The monoisotopic (exact) mass is 289 g/mol. The molecule has 104 valence electrons. The molecule has 0 fully saturated rings. The molecule has 0 bridgehead atoms. The number of hydrogen-bond donors (Lipinski definition) is 1. The molecule has 1 aromatic heterocycles. The van der Waals surface area contributed by atoms with Crippen LogP contribution in [0.2, 0.25) is 0 Å². The number of hydrogen-bond acceptors (Lipinski definition) is 3. The quantitative estimate of drug-likeness (QED) is 0.877. The molecular formula is C15H16FN3S. The first-order valence-electron chi connectivity index (χ1n) is 6.33. The number of rotatable bonds is 4. The Hall–Kier alpha value is -2.01. The van der Waals surface area contributed by atoms with Gasteiger partial charge in [0.05, 0.1) is 5.56 Å². The zero-order valence-corrected chi connectivity index (χ0v) is 12.2. The van der Waals surface area contributed by atoms with Crippen LogP contribution in [0.25, 0.3) is 0 Å². The molecule has 20 heavy (non-hydrogen) atoms. The van der Waals surface area contributed by atoms with Gasteiger partial charge >= 0.3 is 0 Å². The third kappa shape index (κ3) is 2.77. The zero-order chi connectivity index (χ0) is 14.7. The molecule has 2 N–H and O–H groups in total. The molecule has 0 saturated heterocycles. The minimum atomic E-state index is -0.267. The van der Waals surface area contributed by atoms with Crippen LogP contribution in [-0.2, 0) is 0 Å². The fourth-order valence-electron chi connectivity index (χ4n) is 2.13. The summed E-state index contributed by atoms with van der Waals surface area (Å²) in [6.07, 6.45) is 1.72. The zero-order valence-electron chi connectivity index (χ0n) is 11.4. The summed E-state index contributed by atoms with van der Waals surface area (Å²) in [6, 6.07) is 8.15. The lowest BCUT2D eigenvalue weighted by Crippen LogP contribution is -2.23. The van der Waals surface area contributed by atoms with E-state index in [1.807, 2.05) is 24.8 Å². The Kier molecular flexibility index (Phi) is 4.29. The highest BCUT2D eigenvalue weighted by Gasteiger charge is 2.16. The first-order chi connectivity index (χ1) is 9.54. The van der Waals surface area contributed by atoms with E-state index in [4.69, 9.17) is 18.0 Å². The van der Waals surface area contributed by atoms with Crippen molar-refractivity contribution in [3.63, 3.8) is 0 Å². The van der Waals surface area contributed by atoms with Crippen LogP contribution in [0.3, 0.4) is 0 Å². The van der Waals surface area contributed by atoms with Gasteiger partial charge in [0.25, 0.3) is 0 Å². The van der Waals surface area contributed by atoms with Crippen molar-refractivity contribution in [1.29, 1.82) is 0 Å². The number of nitrogens with two attached hydrogens (primary N) is 1. The second kappa shape index (κ2) is 5.96. The van der Waals surface area contributed by atoms with Crippen molar-refractivity contribution in [3.05, 3.63) is 53.5 Å². The summed E-state index contributed by atoms with van der Waals surface area (Å²) in [5.74, 6) is 0.434. The van der Waals surface area contributed by atoms with Crippen molar-refractivity contribution in [3.8, 4) is 0 Å². The fraction of sp³-hybridized carbons (Fsp3) is 0.200. The van der Waals surface area contributed by atoms with Crippen molar-refractivity contribution >= 4 is 28.7 Å². The van der Waals surface area contributed by atoms with Crippen LogP contribution in [0, 0.1) is 12.7 Å². The molecule has 0 aliphatic carbocycles. The molecule has 1 aromatic carbocycles. The van der Waals surface area contributed by atoms with E-state index >= 15 is 0 Å². The first-order valence-corrected chi connectivity index (χ1v) is 6.74. The van der Waals surface area contributed by atoms with E-state index in [9.17, 15) is 4.39 Å². The summed E-state index contributed by atoms with van der Waals surface area (Å²) in [7, 11) is 0. The summed E-state index contributed by atoms with van der Waals surface area (Å²) in [6.45, 7) is 4.62. The Labute approximate surface area is 123 Å². The third-order valence-electron chi connectivity index (χ3n) is 3.10. The van der Waals surface area contributed by atoms with Crippen LogP contribution < -0.4 is 10.6 Å². The molecule has 0 amide bonds. The van der Waals surface area contributed by atoms with Gasteiger partial charge in [-0.15, -0.1) is 0 Å². The summed E-state index contributed by atoms with van der Waals surface area (Å²) in [5.41, 5.74) is 8.40. The molecule has 2 rings (SSSR count). The molecular weight excluding hydrogens is 273 g/mol. The first kappa shape index (κ1) is 14.4. The van der Waals surface area contributed by atoms with E-state index in [0.717, 1.165) is 16.8 Å². The SMILES string of the molecule is CCN(c1ccc(F)cc1)c1nccc(C)c1C(N)=S. The lowest BCUT2D eigenvalue weighted by molar-refractivity contribution is 0.628. The van der Waals surface area contributed by atoms with Crippen molar-refractivity contribution < 1.29 is 4.39 Å². The van der Waals surface area contributed by atoms with Gasteiger partial charge in [0.2, 0.25) is 0 Å². The van der Waals surface area contributed by atoms with Crippen molar-refractivity contribution in [1.82, 2.24) is 4.98 Å². The van der Waals surface area contributed by atoms with E-state index in [-0.39, 0.29) is 5.82 Å². The predicted octanol–water partition coefficient (Wildman–Crippen LogP) is 3.32. The van der Waals surface area contributed by atoms with E-state index in [0.29, 0.717) is 17.4 Å². The Balaban J connectivity index is 2.55. The number of aryl methyl sites for hydroxylation is 1. The summed E-state index contributed by atoms with van der Waals surface area (Å²) >= 11 is 5.13. The normalized spacial score (nSPS) is 10.3. The standard InChI is InChI=1S/C15H16FN3S/c1-3-19(12-6-4-11(16)5-7-12)15-13(14(17)20)10(2)8-9-18-15/h4-9H,3H2,1-2H3,(H2,17,20).